The fourth-order valence-electron chi connectivity index (χ4n) is 1.84. The summed E-state index contributed by atoms with van der Waals surface area (Å²) in [4.78, 5) is 10.9. The minimum Gasteiger partial charge on any atom is -0.354 e. The van der Waals surface area contributed by atoms with E-state index in [1.54, 1.807) is 0 Å². The zero-order valence-electron chi connectivity index (χ0n) is 10.1. The zero-order valence-corrected chi connectivity index (χ0v) is 11.6. The molecule has 6 heteroatoms. The van der Waals surface area contributed by atoms with Gasteiger partial charge in [-0.1, -0.05) is 18.5 Å². The van der Waals surface area contributed by atoms with Crippen LogP contribution in [0.4, 0.5) is 5.82 Å². The van der Waals surface area contributed by atoms with Gasteiger partial charge >= 0.3 is 0 Å². The Morgan fingerprint density at radius 1 is 1.35 bits per heavy atom. The van der Waals surface area contributed by atoms with Gasteiger partial charge in [0.25, 0.3) is 0 Å². The number of nitrogens with zero attached hydrogens (tertiary/aromatic N) is 3. The Balaban J connectivity index is 2.30. The second-order valence-corrected chi connectivity index (χ2v) is 6.12. The number of halogens is 1. The molecule has 0 atom stereocenters. The van der Waals surface area contributed by atoms with Gasteiger partial charge in [-0.05, 0) is 6.92 Å². The van der Waals surface area contributed by atoms with Crippen molar-refractivity contribution in [2.24, 2.45) is 0 Å². The Labute approximate surface area is 109 Å². The molecular formula is C11H16ClN3OS. The highest BCUT2D eigenvalue weighted by molar-refractivity contribution is 7.85. The number of aromatic nitrogens is 2. The standard InChI is InChI=1S/C11H16ClN3OS/c1-3-9-13-10(12)8(2)11(14-9)15-4-6-17(16)7-5-15/h3-7H2,1-2H3. The second kappa shape index (κ2) is 5.31. The average molecular weight is 274 g/mol. The first kappa shape index (κ1) is 12.8. The first-order valence-corrected chi connectivity index (χ1v) is 7.61. The van der Waals surface area contributed by atoms with Gasteiger partial charge < -0.3 is 4.90 Å². The van der Waals surface area contributed by atoms with E-state index in [4.69, 9.17) is 11.6 Å². The Bertz CT molecular complexity index is 443. The van der Waals surface area contributed by atoms with Crippen LogP contribution in [0.2, 0.25) is 5.15 Å². The molecule has 0 aliphatic carbocycles. The Morgan fingerprint density at radius 3 is 2.59 bits per heavy atom. The maximum Gasteiger partial charge on any atom is 0.137 e. The largest absolute Gasteiger partial charge is 0.354 e. The molecule has 0 N–H and O–H groups in total. The van der Waals surface area contributed by atoms with Gasteiger partial charge in [0.15, 0.2) is 0 Å². The van der Waals surface area contributed by atoms with Crippen LogP contribution in [-0.4, -0.2) is 38.8 Å². The summed E-state index contributed by atoms with van der Waals surface area (Å²) in [6.07, 6.45) is 0.771. The first-order valence-electron chi connectivity index (χ1n) is 5.74. The van der Waals surface area contributed by atoms with Gasteiger partial charge in [0, 0.05) is 47.4 Å². The highest BCUT2D eigenvalue weighted by atomic mass is 35.5. The maximum atomic E-state index is 11.3. The third-order valence-corrected chi connectivity index (χ3v) is 4.54. The van der Waals surface area contributed by atoms with Crippen molar-refractivity contribution in [3.63, 3.8) is 0 Å². The molecule has 2 heterocycles. The lowest BCUT2D eigenvalue weighted by Gasteiger charge is -2.28. The zero-order chi connectivity index (χ0) is 12.4. The van der Waals surface area contributed by atoms with Crippen LogP contribution in [0.3, 0.4) is 0 Å². The second-order valence-electron chi connectivity index (χ2n) is 4.07. The van der Waals surface area contributed by atoms with Crippen molar-refractivity contribution in [1.82, 2.24) is 9.97 Å². The van der Waals surface area contributed by atoms with Crippen LogP contribution in [0.1, 0.15) is 18.3 Å². The fourth-order valence-corrected chi connectivity index (χ4v) is 3.07. The van der Waals surface area contributed by atoms with Gasteiger partial charge in [-0.25, -0.2) is 9.97 Å². The summed E-state index contributed by atoms with van der Waals surface area (Å²) in [5.74, 6) is 3.09. The summed E-state index contributed by atoms with van der Waals surface area (Å²) in [5, 5.41) is 0.526. The van der Waals surface area contributed by atoms with Crippen molar-refractivity contribution in [2.45, 2.75) is 20.3 Å². The fraction of sp³-hybridized carbons (Fsp3) is 0.636. The number of aryl methyl sites for hydroxylation is 1. The molecule has 0 saturated carbocycles. The van der Waals surface area contributed by atoms with E-state index >= 15 is 0 Å². The minimum atomic E-state index is -0.672. The van der Waals surface area contributed by atoms with Crippen LogP contribution in [-0.2, 0) is 17.2 Å². The van der Waals surface area contributed by atoms with E-state index < -0.39 is 10.8 Å². The topological polar surface area (TPSA) is 46.1 Å². The third kappa shape index (κ3) is 2.77. The Morgan fingerprint density at radius 2 is 2.00 bits per heavy atom. The number of hydrogen-bond acceptors (Lipinski definition) is 4. The quantitative estimate of drug-likeness (QED) is 0.768. The predicted molar refractivity (Wildman–Crippen MR) is 71.2 cm³/mol. The summed E-state index contributed by atoms with van der Waals surface area (Å²) in [7, 11) is -0.672. The van der Waals surface area contributed by atoms with Crippen molar-refractivity contribution >= 4 is 28.2 Å². The molecule has 1 aromatic rings. The van der Waals surface area contributed by atoms with Crippen molar-refractivity contribution in [1.29, 1.82) is 0 Å². The minimum absolute atomic E-state index is 0.526. The third-order valence-electron chi connectivity index (χ3n) is 2.90. The lowest BCUT2D eigenvalue weighted by atomic mass is 10.3. The van der Waals surface area contributed by atoms with E-state index in [9.17, 15) is 4.21 Å². The molecule has 0 unspecified atom stereocenters. The molecule has 1 aliphatic rings. The van der Waals surface area contributed by atoms with E-state index in [-0.39, 0.29) is 0 Å². The molecule has 0 amide bonds. The molecule has 0 aromatic carbocycles. The molecule has 1 aromatic heterocycles. The molecular weight excluding hydrogens is 258 g/mol. The number of rotatable bonds is 2. The lowest BCUT2D eigenvalue weighted by molar-refractivity contribution is 0.671. The Kier molecular flexibility index (Phi) is 3.99. The first-order chi connectivity index (χ1) is 8.11. The van der Waals surface area contributed by atoms with Crippen LogP contribution >= 0.6 is 11.6 Å². The van der Waals surface area contributed by atoms with E-state index in [2.05, 4.69) is 14.9 Å². The van der Waals surface area contributed by atoms with Crippen LogP contribution in [0.15, 0.2) is 0 Å². The summed E-state index contributed by atoms with van der Waals surface area (Å²) in [6.45, 7) is 5.51. The molecule has 0 radical (unpaired) electrons. The van der Waals surface area contributed by atoms with Crippen molar-refractivity contribution in [2.75, 3.05) is 29.5 Å². The normalized spacial score (nSPS) is 17.5. The van der Waals surface area contributed by atoms with E-state index in [0.29, 0.717) is 16.7 Å². The summed E-state index contributed by atoms with van der Waals surface area (Å²) in [6, 6.07) is 0. The van der Waals surface area contributed by atoms with E-state index in [0.717, 1.165) is 36.7 Å². The van der Waals surface area contributed by atoms with Crippen molar-refractivity contribution in [3.05, 3.63) is 16.5 Å². The van der Waals surface area contributed by atoms with Crippen molar-refractivity contribution in [3.8, 4) is 0 Å². The smallest absolute Gasteiger partial charge is 0.137 e. The van der Waals surface area contributed by atoms with Gasteiger partial charge in [0.05, 0.1) is 0 Å². The van der Waals surface area contributed by atoms with Crippen LogP contribution in [0.25, 0.3) is 0 Å². The van der Waals surface area contributed by atoms with Crippen LogP contribution in [0.5, 0.6) is 0 Å². The van der Waals surface area contributed by atoms with Crippen molar-refractivity contribution < 1.29 is 4.21 Å². The predicted octanol–water partition coefficient (Wildman–Crippen LogP) is 1.57. The van der Waals surface area contributed by atoms with E-state index in [1.807, 2.05) is 13.8 Å². The summed E-state index contributed by atoms with van der Waals surface area (Å²) < 4.78 is 11.3. The summed E-state index contributed by atoms with van der Waals surface area (Å²) >= 11 is 6.11. The maximum absolute atomic E-state index is 11.3. The van der Waals surface area contributed by atoms with Gasteiger partial charge in [-0.2, -0.15) is 0 Å². The monoisotopic (exact) mass is 273 g/mol. The highest BCUT2D eigenvalue weighted by Gasteiger charge is 2.20. The van der Waals surface area contributed by atoms with E-state index in [1.165, 1.54) is 0 Å². The molecule has 1 saturated heterocycles. The molecule has 0 bridgehead atoms. The van der Waals surface area contributed by atoms with Gasteiger partial charge in [-0.15, -0.1) is 0 Å². The molecule has 1 aliphatic heterocycles. The summed E-state index contributed by atoms with van der Waals surface area (Å²) in [5.41, 5.74) is 0.913. The lowest BCUT2D eigenvalue weighted by Crippen LogP contribution is -2.38. The average Bonchev–Trinajstić information content (AvgIpc) is 2.34. The molecule has 94 valence electrons. The van der Waals surface area contributed by atoms with Gasteiger partial charge in [0.2, 0.25) is 0 Å². The molecule has 2 rings (SSSR count). The SMILES string of the molecule is CCc1nc(Cl)c(C)c(N2CCS(=O)CC2)n1. The highest BCUT2D eigenvalue weighted by Crippen LogP contribution is 2.24. The van der Waals surface area contributed by atoms with Gasteiger partial charge in [-0.3, -0.25) is 4.21 Å². The van der Waals surface area contributed by atoms with Gasteiger partial charge in [0.1, 0.15) is 16.8 Å². The molecule has 0 spiro atoms. The van der Waals surface area contributed by atoms with Crippen LogP contribution in [0, 0.1) is 6.92 Å². The van der Waals surface area contributed by atoms with Crippen LogP contribution < -0.4 is 4.90 Å². The Hall–Kier alpha value is -0.680. The number of hydrogen-bond donors (Lipinski definition) is 0. The molecule has 4 nitrogen and oxygen atoms in total. The molecule has 17 heavy (non-hydrogen) atoms. The number of anilines is 1. The molecule has 1 fully saturated rings.